The number of nitrogens with zero attached hydrogens (tertiary/aromatic N) is 4. The van der Waals surface area contributed by atoms with Crippen molar-refractivity contribution in [2.45, 2.75) is 43.7 Å². The summed E-state index contributed by atoms with van der Waals surface area (Å²) in [6.45, 7) is 3.01. The highest BCUT2D eigenvalue weighted by molar-refractivity contribution is 7.98. The van der Waals surface area contributed by atoms with Crippen LogP contribution in [0.2, 0.25) is 0 Å². The number of hydrogen-bond donors (Lipinski definition) is 0. The van der Waals surface area contributed by atoms with Crippen molar-refractivity contribution in [3.05, 3.63) is 69.5 Å². The standard InChI is InChI=1S/C30H34N4O3S/c1-32-28(37)24-8-7-23(18-25(24)31-29(32)38-2)27(36)34-14-11-30(19-34)9-12-33(13-10-30)26(35)17-20-15-21-5-3-4-6-22(21)16-20/h3-8,18,20H,9-17,19H2,1-2H3. The quantitative estimate of drug-likeness (QED) is 0.378. The van der Waals surface area contributed by atoms with E-state index in [2.05, 4.69) is 34.1 Å². The number of amides is 2. The Morgan fingerprint density at radius 3 is 2.32 bits per heavy atom. The lowest BCUT2D eigenvalue weighted by Crippen LogP contribution is -2.45. The Balaban J connectivity index is 1.07. The van der Waals surface area contributed by atoms with Crippen molar-refractivity contribution in [3.8, 4) is 0 Å². The number of hydrogen-bond acceptors (Lipinski definition) is 5. The first-order chi connectivity index (χ1) is 18.4. The number of thioether (sulfide) groups is 1. The molecule has 0 unspecified atom stereocenters. The van der Waals surface area contributed by atoms with Gasteiger partial charge in [0.25, 0.3) is 11.5 Å². The van der Waals surface area contributed by atoms with Gasteiger partial charge >= 0.3 is 0 Å². The monoisotopic (exact) mass is 530 g/mol. The lowest BCUT2D eigenvalue weighted by molar-refractivity contribution is -0.134. The Morgan fingerprint density at radius 1 is 1.00 bits per heavy atom. The summed E-state index contributed by atoms with van der Waals surface area (Å²) < 4.78 is 1.54. The molecular formula is C30H34N4O3S. The Bertz CT molecular complexity index is 1450. The van der Waals surface area contributed by atoms with E-state index in [0.717, 1.165) is 58.3 Å². The van der Waals surface area contributed by atoms with E-state index >= 15 is 0 Å². The van der Waals surface area contributed by atoms with Crippen molar-refractivity contribution in [2.24, 2.45) is 18.4 Å². The van der Waals surface area contributed by atoms with E-state index in [0.29, 0.717) is 34.0 Å². The molecule has 8 heteroatoms. The van der Waals surface area contributed by atoms with E-state index in [-0.39, 0.29) is 22.8 Å². The summed E-state index contributed by atoms with van der Waals surface area (Å²) in [6, 6.07) is 13.8. The predicted molar refractivity (Wildman–Crippen MR) is 149 cm³/mol. The van der Waals surface area contributed by atoms with Crippen molar-refractivity contribution >= 4 is 34.5 Å². The molecule has 1 aliphatic carbocycles. The zero-order chi connectivity index (χ0) is 26.4. The fourth-order valence-electron chi connectivity index (χ4n) is 6.67. The lowest BCUT2D eigenvalue weighted by atomic mass is 9.77. The van der Waals surface area contributed by atoms with Crippen molar-refractivity contribution < 1.29 is 9.59 Å². The molecule has 0 bridgehead atoms. The maximum atomic E-state index is 13.4. The van der Waals surface area contributed by atoms with Crippen LogP contribution < -0.4 is 5.56 Å². The molecule has 7 nitrogen and oxygen atoms in total. The minimum absolute atomic E-state index is 0.00346. The third-order valence-electron chi connectivity index (χ3n) is 8.97. The molecule has 3 aromatic rings. The SMILES string of the molecule is CSc1nc2cc(C(=O)N3CCC4(CCN(C(=O)CC5Cc6ccccc6C5)CC4)C3)ccc2c(=O)n1C. The Labute approximate surface area is 227 Å². The van der Waals surface area contributed by atoms with Crippen LogP contribution in [0.3, 0.4) is 0 Å². The zero-order valence-corrected chi connectivity index (χ0v) is 22.9. The number of carbonyl (C=O) groups excluding carboxylic acids is 2. The first-order valence-corrected chi connectivity index (χ1v) is 14.8. The summed E-state index contributed by atoms with van der Waals surface area (Å²) in [5.74, 6) is 0.693. The van der Waals surface area contributed by atoms with Gasteiger partial charge in [-0.1, -0.05) is 36.0 Å². The molecule has 0 radical (unpaired) electrons. The van der Waals surface area contributed by atoms with Crippen LogP contribution in [0.5, 0.6) is 0 Å². The molecule has 0 saturated carbocycles. The molecule has 2 amide bonds. The number of carbonyl (C=O) groups is 2. The molecular weight excluding hydrogens is 496 g/mol. The van der Waals surface area contributed by atoms with Gasteiger partial charge in [-0.2, -0.15) is 0 Å². The van der Waals surface area contributed by atoms with Crippen LogP contribution in [0.25, 0.3) is 10.9 Å². The summed E-state index contributed by atoms with van der Waals surface area (Å²) in [4.78, 5) is 47.8. The van der Waals surface area contributed by atoms with Crippen molar-refractivity contribution in [1.82, 2.24) is 19.4 Å². The highest BCUT2D eigenvalue weighted by Crippen LogP contribution is 2.41. The van der Waals surface area contributed by atoms with E-state index in [4.69, 9.17) is 0 Å². The van der Waals surface area contributed by atoms with E-state index < -0.39 is 0 Å². The van der Waals surface area contributed by atoms with Gasteiger partial charge in [-0.05, 0) is 79.0 Å². The van der Waals surface area contributed by atoms with Gasteiger partial charge in [-0.3, -0.25) is 19.0 Å². The molecule has 6 rings (SSSR count). The van der Waals surface area contributed by atoms with Crippen LogP contribution in [-0.2, 0) is 24.7 Å². The Kier molecular flexibility index (Phi) is 6.54. The van der Waals surface area contributed by atoms with Gasteiger partial charge in [0.1, 0.15) is 0 Å². The van der Waals surface area contributed by atoms with Crippen molar-refractivity contribution in [3.63, 3.8) is 0 Å². The molecule has 3 aliphatic rings. The molecule has 2 aliphatic heterocycles. The molecule has 1 aromatic heterocycles. The maximum Gasteiger partial charge on any atom is 0.261 e. The minimum atomic E-state index is -0.0998. The van der Waals surface area contributed by atoms with E-state index in [9.17, 15) is 14.4 Å². The smallest absolute Gasteiger partial charge is 0.261 e. The average molecular weight is 531 g/mol. The van der Waals surface area contributed by atoms with Crippen LogP contribution in [0.15, 0.2) is 52.4 Å². The summed E-state index contributed by atoms with van der Waals surface area (Å²) in [7, 11) is 1.72. The molecule has 38 heavy (non-hydrogen) atoms. The topological polar surface area (TPSA) is 75.5 Å². The summed E-state index contributed by atoms with van der Waals surface area (Å²) in [6.07, 6.45) is 7.40. The fourth-order valence-corrected chi connectivity index (χ4v) is 7.21. The lowest BCUT2D eigenvalue weighted by Gasteiger charge is -2.39. The fraction of sp³-hybridized carbons (Fsp3) is 0.467. The van der Waals surface area contributed by atoms with E-state index in [1.54, 1.807) is 29.8 Å². The average Bonchev–Trinajstić information content (AvgIpc) is 3.54. The number of likely N-dealkylation sites (tertiary alicyclic amines) is 2. The van der Waals surface area contributed by atoms with Gasteiger partial charge in [0.2, 0.25) is 5.91 Å². The Morgan fingerprint density at radius 2 is 1.66 bits per heavy atom. The first-order valence-electron chi connectivity index (χ1n) is 13.5. The molecule has 2 aromatic carbocycles. The van der Waals surface area contributed by atoms with Gasteiger partial charge in [0.05, 0.1) is 10.9 Å². The van der Waals surface area contributed by atoms with Crippen LogP contribution in [0.4, 0.5) is 0 Å². The van der Waals surface area contributed by atoms with Crippen LogP contribution in [0.1, 0.15) is 47.2 Å². The molecule has 3 heterocycles. The summed E-state index contributed by atoms with van der Waals surface area (Å²) in [5, 5.41) is 1.16. The number of piperidine rings is 1. The second kappa shape index (κ2) is 9.88. The molecule has 0 atom stereocenters. The summed E-state index contributed by atoms with van der Waals surface area (Å²) >= 11 is 1.42. The highest BCUT2D eigenvalue weighted by atomic mass is 32.2. The second-order valence-corrected chi connectivity index (χ2v) is 12.1. The van der Waals surface area contributed by atoms with Crippen molar-refractivity contribution in [2.75, 3.05) is 32.4 Å². The van der Waals surface area contributed by atoms with Gasteiger partial charge in [0.15, 0.2) is 5.16 Å². The number of rotatable bonds is 4. The maximum absolute atomic E-state index is 13.4. The molecule has 2 fully saturated rings. The second-order valence-electron chi connectivity index (χ2n) is 11.3. The summed E-state index contributed by atoms with van der Waals surface area (Å²) in [5.41, 5.74) is 3.92. The van der Waals surface area contributed by atoms with Gasteiger partial charge in [0, 0.05) is 45.2 Å². The van der Waals surface area contributed by atoms with Crippen LogP contribution in [-0.4, -0.2) is 63.6 Å². The predicted octanol–water partition coefficient (Wildman–Crippen LogP) is 3.92. The molecule has 1 spiro atoms. The van der Waals surface area contributed by atoms with E-state index in [1.165, 1.54) is 22.9 Å². The van der Waals surface area contributed by atoms with Crippen LogP contribution in [0, 0.1) is 11.3 Å². The highest BCUT2D eigenvalue weighted by Gasteiger charge is 2.43. The first kappa shape index (κ1) is 25.2. The van der Waals surface area contributed by atoms with Crippen molar-refractivity contribution in [1.29, 1.82) is 0 Å². The van der Waals surface area contributed by atoms with Gasteiger partial charge in [-0.25, -0.2) is 4.98 Å². The molecule has 2 saturated heterocycles. The zero-order valence-electron chi connectivity index (χ0n) is 22.1. The molecule has 0 N–H and O–H groups in total. The Hall–Kier alpha value is -3.13. The minimum Gasteiger partial charge on any atom is -0.343 e. The van der Waals surface area contributed by atoms with Crippen LogP contribution >= 0.6 is 11.8 Å². The third kappa shape index (κ3) is 4.53. The van der Waals surface area contributed by atoms with Gasteiger partial charge in [-0.15, -0.1) is 0 Å². The number of fused-ring (bicyclic) bond motifs is 2. The third-order valence-corrected chi connectivity index (χ3v) is 9.70. The normalized spacial score (nSPS) is 18.9. The van der Waals surface area contributed by atoms with E-state index in [1.807, 2.05) is 11.2 Å². The van der Waals surface area contributed by atoms with Gasteiger partial charge < -0.3 is 9.80 Å². The number of aromatic nitrogens is 2. The molecule has 198 valence electrons. The number of benzene rings is 2. The largest absolute Gasteiger partial charge is 0.343 e.